The van der Waals surface area contributed by atoms with Gasteiger partial charge in [-0.05, 0) is 49.4 Å². The molecule has 1 heterocycles. The number of carbonyl (C=O) groups is 3. The lowest BCUT2D eigenvalue weighted by molar-refractivity contribution is -0.149. The van der Waals surface area contributed by atoms with Crippen LogP contribution < -0.4 is 8.92 Å². The highest BCUT2D eigenvalue weighted by Crippen LogP contribution is 2.34. The Morgan fingerprint density at radius 3 is 2.50 bits per heavy atom. The minimum absolute atomic E-state index is 0.00770. The van der Waals surface area contributed by atoms with Gasteiger partial charge < -0.3 is 13.7 Å². The molecule has 1 fully saturated rings. The normalized spacial score (nSPS) is 16.0. The smallest absolute Gasteiger partial charge is 0.326 e. The highest BCUT2D eigenvalue weighted by Gasteiger charge is 2.36. The van der Waals surface area contributed by atoms with Crippen molar-refractivity contribution >= 4 is 45.1 Å². The van der Waals surface area contributed by atoms with E-state index in [2.05, 4.69) is 0 Å². The van der Waals surface area contributed by atoms with Crippen LogP contribution in [0.1, 0.15) is 19.4 Å². The molecule has 1 aromatic carbocycles. The third-order valence-electron chi connectivity index (χ3n) is 3.25. The number of amides is 2. The van der Waals surface area contributed by atoms with Gasteiger partial charge in [-0.1, -0.05) is 6.07 Å². The molecule has 2 rings (SSSR count). The first kappa shape index (κ1) is 21.8. The Morgan fingerprint density at radius 1 is 1.25 bits per heavy atom. The lowest BCUT2D eigenvalue weighted by atomic mass is 10.2. The number of methoxy groups -OCH3 is 1. The van der Waals surface area contributed by atoms with Crippen molar-refractivity contribution in [3.8, 4) is 11.5 Å². The molecule has 0 radical (unpaired) electrons. The van der Waals surface area contributed by atoms with Crippen LogP contribution >= 0.6 is 11.8 Å². The number of thioether (sulfide) groups is 1. The fraction of sp³-hybridized carbons (Fsp3) is 0.353. The molecule has 0 N–H and O–H groups in total. The van der Waals surface area contributed by atoms with Gasteiger partial charge in [0.15, 0.2) is 11.5 Å². The number of esters is 1. The van der Waals surface area contributed by atoms with Crippen LogP contribution in [0.15, 0.2) is 23.1 Å². The molecule has 1 aliphatic rings. The van der Waals surface area contributed by atoms with Crippen molar-refractivity contribution in [1.82, 2.24) is 4.90 Å². The van der Waals surface area contributed by atoms with Crippen LogP contribution in [0.4, 0.5) is 4.79 Å². The largest absolute Gasteiger partial charge is 0.493 e. The van der Waals surface area contributed by atoms with Crippen LogP contribution in [-0.4, -0.2) is 56.4 Å². The van der Waals surface area contributed by atoms with Crippen molar-refractivity contribution in [3.63, 3.8) is 0 Å². The van der Waals surface area contributed by atoms with E-state index in [0.29, 0.717) is 17.3 Å². The van der Waals surface area contributed by atoms with Gasteiger partial charge in [-0.3, -0.25) is 19.3 Å². The van der Waals surface area contributed by atoms with Gasteiger partial charge >= 0.3 is 16.1 Å². The molecule has 2 amide bonds. The number of hydrogen-bond acceptors (Lipinski definition) is 9. The molecule has 28 heavy (non-hydrogen) atoms. The molecule has 0 aromatic heterocycles. The van der Waals surface area contributed by atoms with Gasteiger partial charge in [-0.25, -0.2) is 0 Å². The van der Waals surface area contributed by atoms with Gasteiger partial charge in [0, 0.05) is 0 Å². The molecule has 9 nitrogen and oxygen atoms in total. The molecule has 0 atom stereocenters. The van der Waals surface area contributed by atoms with Gasteiger partial charge in [0.2, 0.25) is 0 Å². The average molecular weight is 429 g/mol. The Balaban J connectivity index is 2.22. The zero-order valence-corrected chi connectivity index (χ0v) is 17.3. The van der Waals surface area contributed by atoms with Crippen molar-refractivity contribution in [3.05, 3.63) is 28.7 Å². The lowest BCUT2D eigenvalue weighted by Crippen LogP contribution is -2.35. The average Bonchev–Trinajstić information content (AvgIpc) is 2.81. The van der Waals surface area contributed by atoms with Crippen molar-refractivity contribution in [2.45, 2.75) is 20.0 Å². The molecular formula is C17H19NO8S2. The van der Waals surface area contributed by atoms with Gasteiger partial charge in [-0.15, -0.1) is 0 Å². The fourth-order valence-corrected chi connectivity index (χ4v) is 3.52. The van der Waals surface area contributed by atoms with Gasteiger partial charge in [-0.2, -0.15) is 8.42 Å². The standard InChI is InChI=1S/C17H19NO8S2/c1-10(2)25-15(19)9-18-16(20)14(27-17(18)21)8-11-5-6-12(13(7-11)24-3)26-28(4,22)23/h5-8,10H,9H2,1-4H3/b14-8-. The summed E-state index contributed by atoms with van der Waals surface area (Å²) in [4.78, 5) is 37.1. The van der Waals surface area contributed by atoms with Crippen LogP contribution in [0.25, 0.3) is 6.08 Å². The van der Waals surface area contributed by atoms with Crippen LogP contribution in [-0.2, 0) is 24.4 Å². The maximum absolute atomic E-state index is 12.4. The zero-order valence-electron chi connectivity index (χ0n) is 15.6. The Morgan fingerprint density at radius 2 is 1.93 bits per heavy atom. The second kappa shape index (κ2) is 8.65. The Labute approximate surface area is 166 Å². The molecule has 0 spiro atoms. The summed E-state index contributed by atoms with van der Waals surface area (Å²) < 4.78 is 37.4. The maximum atomic E-state index is 12.4. The van der Waals surface area contributed by atoms with Gasteiger partial charge in [0.05, 0.1) is 24.4 Å². The topological polar surface area (TPSA) is 116 Å². The highest BCUT2D eigenvalue weighted by atomic mass is 32.2. The summed E-state index contributed by atoms with van der Waals surface area (Å²) in [5.41, 5.74) is 0.480. The third kappa shape index (κ3) is 5.73. The minimum atomic E-state index is -3.74. The van der Waals surface area contributed by atoms with Crippen LogP contribution in [0.2, 0.25) is 0 Å². The summed E-state index contributed by atoms with van der Waals surface area (Å²) in [5, 5.41) is -0.582. The molecule has 1 aromatic rings. The van der Waals surface area contributed by atoms with Crippen molar-refractivity contribution in [2.75, 3.05) is 19.9 Å². The van der Waals surface area contributed by atoms with E-state index in [-0.39, 0.29) is 22.5 Å². The highest BCUT2D eigenvalue weighted by molar-refractivity contribution is 8.18. The molecule has 1 saturated heterocycles. The zero-order chi connectivity index (χ0) is 21.1. The molecule has 0 saturated carbocycles. The predicted molar refractivity (Wildman–Crippen MR) is 102 cm³/mol. The maximum Gasteiger partial charge on any atom is 0.326 e. The molecule has 0 unspecified atom stereocenters. The van der Waals surface area contributed by atoms with Crippen LogP contribution in [0, 0.1) is 0 Å². The summed E-state index contributed by atoms with van der Waals surface area (Å²) >= 11 is 0.688. The quantitative estimate of drug-likeness (QED) is 0.364. The number of rotatable bonds is 7. The van der Waals surface area contributed by atoms with Gasteiger partial charge in [0.25, 0.3) is 11.1 Å². The van der Waals surface area contributed by atoms with E-state index in [1.165, 1.54) is 31.4 Å². The monoisotopic (exact) mass is 429 g/mol. The molecule has 1 aliphatic heterocycles. The summed E-state index contributed by atoms with van der Waals surface area (Å²) in [6.07, 6.45) is 1.98. The number of benzene rings is 1. The number of ether oxygens (including phenoxy) is 2. The fourth-order valence-electron chi connectivity index (χ4n) is 2.22. The Hall–Kier alpha value is -2.53. The molecular weight excluding hydrogens is 410 g/mol. The lowest BCUT2D eigenvalue weighted by Gasteiger charge is -2.13. The SMILES string of the molecule is COc1cc(/C=C2\SC(=O)N(CC(=O)OC(C)C)C2=O)ccc1OS(C)(=O)=O. The second-order valence-corrected chi connectivity index (χ2v) is 8.57. The van der Waals surface area contributed by atoms with E-state index in [0.717, 1.165) is 11.2 Å². The number of carbonyl (C=O) groups excluding carboxylic acids is 3. The van der Waals surface area contributed by atoms with Crippen molar-refractivity contribution in [1.29, 1.82) is 0 Å². The molecule has 11 heteroatoms. The van der Waals surface area contributed by atoms with Crippen molar-refractivity contribution < 1.29 is 36.5 Å². The second-order valence-electron chi connectivity index (χ2n) is 6.00. The van der Waals surface area contributed by atoms with Crippen LogP contribution in [0.5, 0.6) is 11.5 Å². The Bertz CT molecular complexity index is 936. The van der Waals surface area contributed by atoms with E-state index >= 15 is 0 Å². The molecule has 0 aliphatic carbocycles. The van der Waals surface area contributed by atoms with E-state index < -0.39 is 33.8 Å². The number of imide groups is 1. The number of nitrogens with zero attached hydrogens (tertiary/aromatic N) is 1. The molecule has 0 bridgehead atoms. The predicted octanol–water partition coefficient (Wildman–Crippen LogP) is 2.02. The molecule has 152 valence electrons. The Kier molecular flexibility index (Phi) is 6.73. The van der Waals surface area contributed by atoms with Gasteiger partial charge in [0.1, 0.15) is 6.54 Å². The van der Waals surface area contributed by atoms with Crippen LogP contribution in [0.3, 0.4) is 0 Å². The first-order valence-corrected chi connectivity index (χ1v) is 10.7. The summed E-state index contributed by atoms with van der Waals surface area (Å²) in [5.74, 6) is -1.17. The first-order chi connectivity index (χ1) is 13.0. The number of hydrogen-bond donors (Lipinski definition) is 0. The van der Waals surface area contributed by atoms with Crippen molar-refractivity contribution in [2.24, 2.45) is 0 Å². The third-order valence-corrected chi connectivity index (χ3v) is 4.64. The van der Waals surface area contributed by atoms with E-state index in [1.807, 2.05) is 0 Å². The first-order valence-electron chi connectivity index (χ1n) is 8.02. The van der Waals surface area contributed by atoms with E-state index in [4.69, 9.17) is 13.7 Å². The summed E-state index contributed by atoms with van der Waals surface area (Å²) in [6, 6.07) is 4.33. The van der Waals surface area contributed by atoms with E-state index in [1.54, 1.807) is 13.8 Å². The minimum Gasteiger partial charge on any atom is -0.493 e. The van der Waals surface area contributed by atoms with E-state index in [9.17, 15) is 22.8 Å². The summed E-state index contributed by atoms with van der Waals surface area (Å²) in [6.45, 7) is 2.86. The summed E-state index contributed by atoms with van der Waals surface area (Å²) in [7, 11) is -2.40.